The zero-order valence-corrected chi connectivity index (χ0v) is 17.7. The minimum atomic E-state index is -3.61. The van der Waals surface area contributed by atoms with Gasteiger partial charge in [0.15, 0.2) is 0 Å². The molecule has 7 heteroatoms. The number of carbonyl (C=O) groups is 1. The second-order valence-electron chi connectivity index (χ2n) is 7.04. The number of amides is 1. The van der Waals surface area contributed by atoms with Crippen LogP contribution in [0.5, 0.6) is 0 Å². The highest BCUT2D eigenvalue weighted by Crippen LogP contribution is 2.26. The maximum Gasteiger partial charge on any atom is 0.254 e. The topological polar surface area (TPSA) is 57.7 Å². The van der Waals surface area contributed by atoms with Gasteiger partial charge >= 0.3 is 0 Å². The Morgan fingerprint density at radius 1 is 1.32 bits per heavy atom. The van der Waals surface area contributed by atoms with E-state index in [1.165, 1.54) is 6.07 Å². The summed E-state index contributed by atoms with van der Waals surface area (Å²) in [5, 5.41) is 1.97. The largest absolute Gasteiger partial charge is 0.330 e. The first kappa shape index (κ1) is 20.8. The van der Waals surface area contributed by atoms with Crippen LogP contribution in [-0.2, 0) is 16.6 Å². The molecule has 1 aliphatic rings. The quantitative estimate of drug-likeness (QED) is 0.635. The Labute approximate surface area is 171 Å². The molecule has 2 heterocycles. The molecule has 1 atom stereocenters. The van der Waals surface area contributed by atoms with Gasteiger partial charge in [0.2, 0.25) is 10.0 Å². The number of carbonyl (C=O) groups excluding carboxylic acids is 1. The summed E-state index contributed by atoms with van der Waals surface area (Å²) < 4.78 is 27.8. The van der Waals surface area contributed by atoms with Crippen molar-refractivity contribution in [3.05, 3.63) is 64.9 Å². The molecule has 0 N–H and O–H groups in total. The van der Waals surface area contributed by atoms with Gasteiger partial charge in [-0.1, -0.05) is 24.6 Å². The molecule has 1 aliphatic heterocycles. The van der Waals surface area contributed by atoms with Crippen LogP contribution >= 0.6 is 11.3 Å². The number of piperidine rings is 1. The van der Waals surface area contributed by atoms with Crippen LogP contribution in [0, 0.1) is 0 Å². The highest BCUT2D eigenvalue weighted by molar-refractivity contribution is 7.89. The van der Waals surface area contributed by atoms with Gasteiger partial charge in [0.05, 0.1) is 11.4 Å². The van der Waals surface area contributed by atoms with Crippen LogP contribution < -0.4 is 0 Å². The SMILES string of the molecule is C=CCN(Cc1cccs1)C(=O)c1cccc(S(=O)(=O)N2CCCCC2C)c1. The lowest BCUT2D eigenvalue weighted by Crippen LogP contribution is -2.42. The van der Waals surface area contributed by atoms with E-state index < -0.39 is 10.0 Å². The highest BCUT2D eigenvalue weighted by Gasteiger charge is 2.31. The van der Waals surface area contributed by atoms with E-state index >= 15 is 0 Å². The van der Waals surface area contributed by atoms with E-state index in [-0.39, 0.29) is 16.8 Å². The number of hydrogen-bond acceptors (Lipinski definition) is 4. The molecule has 1 aromatic carbocycles. The standard InChI is InChI=1S/C21H26N2O3S2/c1-3-12-22(16-19-10-7-14-27-19)21(24)18-9-6-11-20(15-18)28(25,26)23-13-5-4-8-17(23)2/h3,6-7,9-11,14-15,17H,1,4-5,8,12-13,16H2,2H3. The number of hydrogen-bond donors (Lipinski definition) is 0. The van der Waals surface area contributed by atoms with Gasteiger partial charge in [0.25, 0.3) is 5.91 Å². The maximum atomic E-state index is 13.1. The molecule has 0 saturated carbocycles. The van der Waals surface area contributed by atoms with E-state index in [1.54, 1.807) is 44.8 Å². The summed E-state index contributed by atoms with van der Waals surface area (Å²) in [5.74, 6) is -0.197. The number of benzene rings is 1. The lowest BCUT2D eigenvalue weighted by Gasteiger charge is -2.32. The Bertz CT molecular complexity index is 923. The monoisotopic (exact) mass is 418 g/mol. The molecule has 1 unspecified atom stereocenters. The van der Waals surface area contributed by atoms with E-state index in [1.807, 2.05) is 24.4 Å². The Morgan fingerprint density at radius 3 is 2.82 bits per heavy atom. The van der Waals surface area contributed by atoms with Crippen LogP contribution in [-0.4, -0.2) is 42.7 Å². The zero-order chi connectivity index (χ0) is 20.1. The van der Waals surface area contributed by atoms with Crippen molar-refractivity contribution < 1.29 is 13.2 Å². The molecule has 0 aliphatic carbocycles. The second-order valence-corrected chi connectivity index (χ2v) is 9.96. The average Bonchev–Trinajstić information content (AvgIpc) is 3.20. The zero-order valence-electron chi connectivity index (χ0n) is 16.1. The molecule has 150 valence electrons. The molecule has 0 radical (unpaired) electrons. The van der Waals surface area contributed by atoms with E-state index in [0.29, 0.717) is 25.2 Å². The summed E-state index contributed by atoms with van der Waals surface area (Å²) in [6, 6.07) is 10.3. The Morgan fingerprint density at radius 2 is 2.14 bits per heavy atom. The molecule has 1 amide bonds. The van der Waals surface area contributed by atoms with Gasteiger partial charge in [-0.2, -0.15) is 4.31 Å². The molecule has 1 aromatic heterocycles. The summed E-state index contributed by atoms with van der Waals surface area (Å²) in [6.07, 6.45) is 4.47. The van der Waals surface area contributed by atoms with Gasteiger partial charge in [-0.15, -0.1) is 17.9 Å². The van der Waals surface area contributed by atoms with Crippen LogP contribution in [0.4, 0.5) is 0 Å². The van der Waals surface area contributed by atoms with Crippen molar-refractivity contribution in [2.75, 3.05) is 13.1 Å². The molecule has 2 aromatic rings. The third-order valence-corrected chi connectivity index (χ3v) is 7.86. The summed E-state index contributed by atoms with van der Waals surface area (Å²) in [6.45, 7) is 7.09. The van der Waals surface area contributed by atoms with Crippen molar-refractivity contribution in [1.82, 2.24) is 9.21 Å². The average molecular weight is 419 g/mol. The molecule has 5 nitrogen and oxygen atoms in total. The Kier molecular flexibility index (Phi) is 6.69. The van der Waals surface area contributed by atoms with Crippen LogP contribution in [0.15, 0.2) is 59.3 Å². The van der Waals surface area contributed by atoms with Crippen molar-refractivity contribution in [2.24, 2.45) is 0 Å². The van der Waals surface area contributed by atoms with E-state index in [9.17, 15) is 13.2 Å². The fourth-order valence-electron chi connectivity index (χ4n) is 3.50. The molecule has 1 saturated heterocycles. The molecule has 1 fully saturated rings. The highest BCUT2D eigenvalue weighted by atomic mass is 32.2. The Hall–Kier alpha value is -1.96. The Balaban J connectivity index is 1.86. The van der Waals surface area contributed by atoms with Crippen molar-refractivity contribution in [1.29, 1.82) is 0 Å². The van der Waals surface area contributed by atoms with Crippen LogP contribution in [0.3, 0.4) is 0 Å². The normalized spacial score (nSPS) is 18.0. The van der Waals surface area contributed by atoms with Gasteiger partial charge in [-0.25, -0.2) is 8.42 Å². The molecule has 28 heavy (non-hydrogen) atoms. The molecular formula is C21H26N2O3S2. The van der Waals surface area contributed by atoms with Crippen molar-refractivity contribution in [2.45, 2.75) is 43.7 Å². The number of nitrogens with zero attached hydrogens (tertiary/aromatic N) is 2. The fraction of sp³-hybridized carbons (Fsp3) is 0.381. The first-order chi connectivity index (χ1) is 13.4. The summed E-state index contributed by atoms with van der Waals surface area (Å²) in [5.41, 5.74) is 0.379. The van der Waals surface area contributed by atoms with Crippen molar-refractivity contribution >= 4 is 27.3 Å². The van der Waals surface area contributed by atoms with Crippen molar-refractivity contribution in [3.8, 4) is 0 Å². The number of thiophene rings is 1. The number of rotatable bonds is 7. The van der Waals surface area contributed by atoms with Gasteiger partial charge < -0.3 is 4.90 Å². The third kappa shape index (κ3) is 4.54. The van der Waals surface area contributed by atoms with Gasteiger partial charge in [0, 0.05) is 29.6 Å². The van der Waals surface area contributed by atoms with Gasteiger partial charge in [-0.05, 0) is 49.4 Å². The van der Waals surface area contributed by atoms with Crippen LogP contribution in [0.25, 0.3) is 0 Å². The molecule has 3 rings (SSSR count). The summed E-state index contributed by atoms with van der Waals surface area (Å²) >= 11 is 1.59. The van der Waals surface area contributed by atoms with Gasteiger partial charge in [-0.3, -0.25) is 4.79 Å². The first-order valence-corrected chi connectivity index (χ1v) is 11.8. The molecular weight excluding hydrogens is 392 g/mol. The molecule has 0 spiro atoms. The van der Waals surface area contributed by atoms with E-state index in [2.05, 4.69) is 6.58 Å². The first-order valence-electron chi connectivity index (χ1n) is 9.48. The lowest BCUT2D eigenvalue weighted by atomic mass is 10.1. The fourth-order valence-corrected chi connectivity index (χ4v) is 5.97. The minimum absolute atomic E-state index is 0.0193. The predicted octanol–water partition coefficient (Wildman–Crippen LogP) is 4.14. The number of sulfonamides is 1. The predicted molar refractivity (Wildman–Crippen MR) is 113 cm³/mol. The minimum Gasteiger partial charge on any atom is -0.330 e. The van der Waals surface area contributed by atoms with Crippen LogP contribution in [0.1, 0.15) is 41.4 Å². The van der Waals surface area contributed by atoms with Crippen molar-refractivity contribution in [3.63, 3.8) is 0 Å². The second kappa shape index (κ2) is 9.03. The van der Waals surface area contributed by atoms with E-state index in [0.717, 1.165) is 24.1 Å². The maximum absolute atomic E-state index is 13.1. The third-order valence-electron chi connectivity index (χ3n) is 4.99. The lowest BCUT2D eigenvalue weighted by molar-refractivity contribution is 0.0764. The van der Waals surface area contributed by atoms with E-state index in [4.69, 9.17) is 0 Å². The van der Waals surface area contributed by atoms with Crippen LogP contribution in [0.2, 0.25) is 0 Å². The smallest absolute Gasteiger partial charge is 0.254 e. The summed E-state index contributed by atoms with van der Waals surface area (Å²) in [4.78, 5) is 16.0. The van der Waals surface area contributed by atoms with Gasteiger partial charge in [0.1, 0.15) is 0 Å². The molecule has 0 bridgehead atoms. The summed E-state index contributed by atoms with van der Waals surface area (Å²) in [7, 11) is -3.61.